The average molecular weight is 245 g/mol. The molecule has 1 heterocycles. The number of nitrogens with zero attached hydrogens (tertiary/aromatic N) is 2. The second-order valence-electron chi connectivity index (χ2n) is 4.92. The van der Waals surface area contributed by atoms with Gasteiger partial charge in [-0.25, -0.2) is 10.8 Å². The summed E-state index contributed by atoms with van der Waals surface area (Å²) in [5, 5.41) is 4.44. The van der Waals surface area contributed by atoms with Gasteiger partial charge in [0.25, 0.3) is 0 Å². The third-order valence-electron chi connectivity index (χ3n) is 3.07. The highest BCUT2D eigenvalue weighted by Gasteiger charge is 2.17. The van der Waals surface area contributed by atoms with E-state index in [9.17, 15) is 0 Å². The van der Waals surface area contributed by atoms with Crippen molar-refractivity contribution in [3.8, 4) is 0 Å². The quantitative estimate of drug-likeness (QED) is 0.570. The Bertz CT molecular complexity index is 550. The van der Waals surface area contributed by atoms with Crippen LogP contribution in [0, 0.1) is 0 Å². The first-order chi connectivity index (χ1) is 8.55. The van der Waals surface area contributed by atoms with Gasteiger partial charge in [-0.05, 0) is 32.4 Å². The van der Waals surface area contributed by atoms with E-state index in [-0.39, 0.29) is 5.54 Å². The highest BCUT2D eigenvalue weighted by Crippen LogP contribution is 2.25. The van der Waals surface area contributed by atoms with Crippen LogP contribution in [0.2, 0.25) is 0 Å². The first-order valence-corrected chi connectivity index (χ1v) is 6.07. The Balaban J connectivity index is 2.53. The lowest BCUT2D eigenvalue weighted by Crippen LogP contribution is -2.30. The van der Waals surface area contributed by atoms with Crippen LogP contribution in [0.4, 0.5) is 11.8 Å². The molecule has 0 atom stereocenters. The maximum Gasteiger partial charge on any atom is 0.239 e. The van der Waals surface area contributed by atoms with Gasteiger partial charge in [-0.2, -0.15) is 4.98 Å². The molecule has 0 spiro atoms. The maximum atomic E-state index is 5.40. The minimum atomic E-state index is -0.0248. The van der Waals surface area contributed by atoms with Crippen molar-refractivity contribution >= 4 is 22.7 Å². The lowest BCUT2D eigenvalue weighted by Gasteiger charge is -2.26. The third kappa shape index (κ3) is 2.51. The van der Waals surface area contributed by atoms with Gasteiger partial charge in [0.2, 0.25) is 5.95 Å². The summed E-state index contributed by atoms with van der Waals surface area (Å²) < 4.78 is 0. The molecule has 0 saturated heterocycles. The smallest absolute Gasteiger partial charge is 0.239 e. The second kappa shape index (κ2) is 4.78. The van der Waals surface area contributed by atoms with Crippen molar-refractivity contribution in [1.29, 1.82) is 0 Å². The van der Waals surface area contributed by atoms with Crippen molar-refractivity contribution in [3.05, 3.63) is 24.3 Å². The zero-order chi connectivity index (χ0) is 13.2. The Morgan fingerprint density at radius 1 is 1.22 bits per heavy atom. The fraction of sp³-hybridized carbons (Fsp3) is 0.385. The third-order valence-corrected chi connectivity index (χ3v) is 3.07. The molecular weight excluding hydrogens is 226 g/mol. The molecule has 5 heteroatoms. The van der Waals surface area contributed by atoms with Gasteiger partial charge >= 0.3 is 0 Å². The van der Waals surface area contributed by atoms with Crippen LogP contribution in [0.3, 0.4) is 0 Å². The molecule has 0 unspecified atom stereocenters. The number of hydrazine groups is 1. The number of rotatable bonds is 4. The number of nitrogens with two attached hydrogens (primary N) is 1. The molecule has 1 aromatic heterocycles. The minimum absolute atomic E-state index is 0.0248. The van der Waals surface area contributed by atoms with Crippen LogP contribution in [0.15, 0.2) is 24.3 Å². The van der Waals surface area contributed by atoms with E-state index in [1.54, 1.807) is 0 Å². The lowest BCUT2D eigenvalue weighted by atomic mass is 10.0. The Morgan fingerprint density at radius 2 is 1.94 bits per heavy atom. The molecule has 5 nitrogen and oxygen atoms in total. The molecule has 2 rings (SSSR count). The highest BCUT2D eigenvalue weighted by atomic mass is 15.3. The zero-order valence-electron chi connectivity index (χ0n) is 11.0. The molecule has 18 heavy (non-hydrogen) atoms. The molecule has 0 radical (unpaired) electrons. The summed E-state index contributed by atoms with van der Waals surface area (Å²) in [6.07, 6.45) is 0.997. The van der Waals surface area contributed by atoms with Gasteiger partial charge < -0.3 is 5.32 Å². The second-order valence-corrected chi connectivity index (χ2v) is 4.92. The van der Waals surface area contributed by atoms with Crippen molar-refractivity contribution in [2.45, 2.75) is 32.7 Å². The molecule has 0 aliphatic rings. The number of aromatic nitrogens is 2. The maximum absolute atomic E-state index is 5.40. The number of nitrogens with one attached hydrogen (secondary N) is 2. The van der Waals surface area contributed by atoms with Crippen LogP contribution in [0.25, 0.3) is 10.9 Å². The van der Waals surface area contributed by atoms with E-state index in [0.717, 1.165) is 23.1 Å². The van der Waals surface area contributed by atoms with E-state index in [4.69, 9.17) is 5.84 Å². The average Bonchev–Trinajstić information content (AvgIpc) is 2.38. The molecule has 0 amide bonds. The van der Waals surface area contributed by atoms with Crippen LogP contribution < -0.4 is 16.6 Å². The van der Waals surface area contributed by atoms with Gasteiger partial charge in [0.15, 0.2) is 0 Å². The normalized spacial score (nSPS) is 11.6. The van der Waals surface area contributed by atoms with Crippen molar-refractivity contribution in [2.24, 2.45) is 5.84 Å². The number of fused-ring (bicyclic) bond motifs is 1. The van der Waals surface area contributed by atoms with Crippen molar-refractivity contribution in [2.75, 3.05) is 10.7 Å². The molecule has 4 N–H and O–H groups in total. The molecule has 0 aliphatic heterocycles. The van der Waals surface area contributed by atoms with Crippen LogP contribution >= 0.6 is 0 Å². The molecule has 2 aromatic rings. The van der Waals surface area contributed by atoms with Crippen LogP contribution in [-0.2, 0) is 0 Å². The molecule has 0 aliphatic carbocycles. The number of para-hydroxylation sites is 1. The van der Waals surface area contributed by atoms with E-state index in [1.165, 1.54) is 0 Å². The van der Waals surface area contributed by atoms with Gasteiger partial charge in [-0.1, -0.05) is 19.1 Å². The summed E-state index contributed by atoms with van der Waals surface area (Å²) in [5.74, 6) is 6.63. The lowest BCUT2D eigenvalue weighted by molar-refractivity contribution is 0.545. The van der Waals surface area contributed by atoms with Crippen molar-refractivity contribution in [1.82, 2.24) is 9.97 Å². The monoisotopic (exact) mass is 245 g/mol. The van der Waals surface area contributed by atoms with Gasteiger partial charge in [-0.3, -0.25) is 5.43 Å². The minimum Gasteiger partial charge on any atom is -0.365 e. The van der Waals surface area contributed by atoms with Crippen LogP contribution in [0.5, 0.6) is 0 Å². The number of nitrogen functional groups attached to an aromatic ring is 1. The van der Waals surface area contributed by atoms with Crippen LogP contribution in [0.1, 0.15) is 27.2 Å². The summed E-state index contributed by atoms with van der Waals surface area (Å²) in [6.45, 7) is 6.41. The zero-order valence-corrected chi connectivity index (χ0v) is 11.0. The number of anilines is 2. The molecule has 0 fully saturated rings. The molecule has 96 valence electrons. The Labute approximate surface area is 107 Å². The summed E-state index contributed by atoms with van der Waals surface area (Å²) in [7, 11) is 0. The standard InChI is InChI=1S/C13H19N5/c1-4-13(2,3)17-11-9-7-5-6-8-10(9)15-12(16-11)18-14/h5-8H,4,14H2,1-3H3,(H2,15,16,17,18). The summed E-state index contributed by atoms with van der Waals surface area (Å²) >= 11 is 0. The topological polar surface area (TPSA) is 75.9 Å². The van der Waals surface area contributed by atoms with Gasteiger partial charge in [0, 0.05) is 10.9 Å². The SMILES string of the molecule is CCC(C)(C)Nc1nc(NN)nc2ccccc12. The Kier molecular flexibility index (Phi) is 3.34. The molecular formula is C13H19N5. The number of hydrogen-bond acceptors (Lipinski definition) is 5. The predicted molar refractivity (Wildman–Crippen MR) is 75.3 cm³/mol. The Morgan fingerprint density at radius 3 is 2.61 bits per heavy atom. The van der Waals surface area contributed by atoms with E-state index < -0.39 is 0 Å². The van der Waals surface area contributed by atoms with Crippen molar-refractivity contribution < 1.29 is 0 Å². The van der Waals surface area contributed by atoms with Gasteiger partial charge in [0.05, 0.1) is 5.52 Å². The number of benzene rings is 1. The first-order valence-electron chi connectivity index (χ1n) is 6.07. The largest absolute Gasteiger partial charge is 0.365 e. The van der Waals surface area contributed by atoms with E-state index in [0.29, 0.717) is 5.95 Å². The predicted octanol–water partition coefficient (Wildman–Crippen LogP) is 2.52. The molecule has 0 saturated carbocycles. The first kappa shape index (κ1) is 12.6. The highest BCUT2D eigenvalue weighted by molar-refractivity contribution is 5.90. The molecule has 0 bridgehead atoms. The van der Waals surface area contributed by atoms with Crippen LogP contribution in [-0.4, -0.2) is 15.5 Å². The Hall–Kier alpha value is -1.88. The summed E-state index contributed by atoms with van der Waals surface area (Å²) in [6, 6.07) is 7.88. The fourth-order valence-electron chi connectivity index (χ4n) is 1.65. The van der Waals surface area contributed by atoms with Crippen molar-refractivity contribution in [3.63, 3.8) is 0 Å². The van der Waals surface area contributed by atoms with E-state index >= 15 is 0 Å². The van der Waals surface area contributed by atoms with E-state index in [2.05, 4.69) is 41.5 Å². The fourth-order valence-corrected chi connectivity index (χ4v) is 1.65. The summed E-state index contributed by atoms with van der Waals surface area (Å²) in [4.78, 5) is 8.72. The van der Waals surface area contributed by atoms with Gasteiger partial charge in [0.1, 0.15) is 5.82 Å². The number of hydrogen-bond donors (Lipinski definition) is 3. The summed E-state index contributed by atoms with van der Waals surface area (Å²) in [5.41, 5.74) is 3.35. The van der Waals surface area contributed by atoms with E-state index in [1.807, 2.05) is 24.3 Å². The van der Waals surface area contributed by atoms with Gasteiger partial charge in [-0.15, -0.1) is 0 Å². The molecule has 1 aromatic carbocycles.